The number of hydrogen-bond acceptors (Lipinski definition) is 4. The molecule has 1 aliphatic heterocycles. The molecule has 2 heterocycles. The molecular weight excluding hydrogens is 296 g/mol. The van der Waals surface area contributed by atoms with Crippen molar-refractivity contribution in [3.63, 3.8) is 0 Å². The Morgan fingerprint density at radius 3 is 2.70 bits per heavy atom. The summed E-state index contributed by atoms with van der Waals surface area (Å²) in [5.74, 6) is 1.08. The molecule has 1 saturated heterocycles. The number of amides is 2. The van der Waals surface area contributed by atoms with Gasteiger partial charge in [-0.1, -0.05) is 20.8 Å². The first-order valence-corrected chi connectivity index (χ1v) is 8.00. The molecule has 0 radical (unpaired) electrons. The molecule has 23 heavy (non-hydrogen) atoms. The van der Waals surface area contributed by atoms with Crippen LogP contribution in [0.15, 0.2) is 6.20 Å². The summed E-state index contributed by atoms with van der Waals surface area (Å²) in [6.45, 7) is 8.54. The van der Waals surface area contributed by atoms with Crippen molar-refractivity contribution in [2.45, 2.75) is 46.2 Å². The molecule has 0 saturated carbocycles. The first-order valence-electron chi connectivity index (χ1n) is 8.00. The highest BCUT2D eigenvalue weighted by molar-refractivity contribution is 5.86. The van der Waals surface area contributed by atoms with Crippen molar-refractivity contribution in [3.05, 3.63) is 17.7 Å². The smallest absolute Gasteiger partial charge is 0.407 e. The van der Waals surface area contributed by atoms with Gasteiger partial charge in [0.25, 0.3) is 0 Å². The van der Waals surface area contributed by atoms with Crippen LogP contribution < -0.4 is 5.32 Å². The Kier molecular flexibility index (Phi) is 5.28. The molecule has 2 amide bonds. The van der Waals surface area contributed by atoms with Crippen LogP contribution in [0.1, 0.15) is 44.8 Å². The number of hydrogen-bond donors (Lipinski definition) is 2. The monoisotopic (exact) mass is 322 g/mol. The molecule has 0 bridgehead atoms. The van der Waals surface area contributed by atoms with Crippen molar-refractivity contribution in [3.8, 4) is 0 Å². The third-order valence-corrected chi connectivity index (χ3v) is 4.22. The number of nitrogens with zero attached hydrogens (tertiary/aromatic N) is 2. The van der Waals surface area contributed by atoms with Crippen molar-refractivity contribution in [2.24, 2.45) is 11.8 Å². The molecule has 1 fully saturated rings. The maximum Gasteiger partial charge on any atom is 0.407 e. The van der Waals surface area contributed by atoms with Crippen LogP contribution in [0.5, 0.6) is 0 Å². The van der Waals surface area contributed by atoms with E-state index in [9.17, 15) is 9.59 Å². The van der Waals surface area contributed by atoms with Gasteiger partial charge in [-0.25, -0.2) is 9.78 Å². The summed E-state index contributed by atoms with van der Waals surface area (Å²) in [5.41, 5.74) is 0.972. The first-order chi connectivity index (χ1) is 10.8. The number of aromatic amines is 1. The zero-order valence-electron chi connectivity index (χ0n) is 14.4. The number of likely N-dealkylation sites (tertiary alicyclic amines) is 1. The van der Waals surface area contributed by atoms with E-state index in [1.165, 1.54) is 7.11 Å². The van der Waals surface area contributed by atoms with Gasteiger partial charge in [-0.3, -0.25) is 4.79 Å². The predicted molar refractivity (Wildman–Crippen MR) is 85.7 cm³/mol. The minimum atomic E-state index is -0.605. The van der Waals surface area contributed by atoms with Crippen LogP contribution in [-0.4, -0.2) is 46.6 Å². The van der Waals surface area contributed by atoms with Gasteiger partial charge in [-0.15, -0.1) is 0 Å². The molecule has 0 spiro atoms. The summed E-state index contributed by atoms with van der Waals surface area (Å²) in [6, 6.07) is -0.682. The molecule has 1 aromatic heterocycles. The Balaban J connectivity index is 2.21. The molecule has 128 valence electrons. The Labute approximate surface area is 136 Å². The summed E-state index contributed by atoms with van der Waals surface area (Å²) in [6.07, 6.45) is 2.05. The van der Waals surface area contributed by atoms with E-state index in [4.69, 9.17) is 0 Å². The van der Waals surface area contributed by atoms with Crippen LogP contribution in [0.25, 0.3) is 0 Å². The first kappa shape index (κ1) is 17.3. The van der Waals surface area contributed by atoms with Crippen molar-refractivity contribution in [1.82, 2.24) is 20.2 Å². The molecular formula is C16H26N4O3. The van der Waals surface area contributed by atoms with E-state index in [1.807, 2.05) is 25.7 Å². The molecule has 7 nitrogen and oxygen atoms in total. The van der Waals surface area contributed by atoms with Crippen LogP contribution >= 0.6 is 0 Å². The maximum atomic E-state index is 13.0. The Bertz CT molecular complexity index is 569. The molecule has 1 aromatic rings. The predicted octanol–water partition coefficient (Wildman–Crippen LogP) is 2.01. The number of ether oxygens (including phenoxy) is 1. The second-order valence-corrected chi connectivity index (χ2v) is 6.66. The van der Waals surface area contributed by atoms with E-state index in [-0.39, 0.29) is 17.9 Å². The molecule has 1 aliphatic rings. The van der Waals surface area contributed by atoms with E-state index >= 15 is 0 Å². The van der Waals surface area contributed by atoms with E-state index in [2.05, 4.69) is 26.9 Å². The standard InChI is InChI=1S/C16H26N4O3/c1-9(2)13(19-16(22)23-5)15(21)20-8-10(3)6-12(20)14-17-7-11(4)18-14/h7,9-10,12-13H,6,8H2,1-5H3,(H,17,18)(H,19,22). The van der Waals surface area contributed by atoms with Gasteiger partial charge in [0.15, 0.2) is 0 Å². The van der Waals surface area contributed by atoms with E-state index < -0.39 is 12.1 Å². The quantitative estimate of drug-likeness (QED) is 0.887. The highest BCUT2D eigenvalue weighted by Crippen LogP contribution is 2.34. The van der Waals surface area contributed by atoms with Crippen molar-refractivity contribution >= 4 is 12.0 Å². The van der Waals surface area contributed by atoms with Gasteiger partial charge in [0, 0.05) is 18.4 Å². The van der Waals surface area contributed by atoms with Gasteiger partial charge in [-0.2, -0.15) is 0 Å². The third kappa shape index (κ3) is 3.83. The second kappa shape index (κ2) is 7.02. The summed E-state index contributed by atoms with van der Waals surface area (Å²) in [7, 11) is 1.30. The fourth-order valence-electron chi connectivity index (χ4n) is 3.03. The molecule has 3 atom stereocenters. The van der Waals surface area contributed by atoms with E-state index in [1.54, 1.807) is 6.20 Å². The largest absolute Gasteiger partial charge is 0.453 e. The Morgan fingerprint density at radius 1 is 1.48 bits per heavy atom. The number of aromatic nitrogens is 2. The Morgan fingerprint density at radius 2 is 2.17 bits per heavy atom. The SMILES string of the molecule is COC(=O)NC(C(=O)N1CC(C)CC1c1ncc(C)[nH]1)C(C)C. The average molecular weight is 322 g/mol. The van der Waals surface area contributed by atoms with Crippen molar-refractivity contribution < 1.29 is 14.3 Å². The summed E-state index contributed by atoms with van der Waals surface area (Å²) < 4.78 is 4.64. The summed E-state index contributed by atoms with van der Waals surface area (Å²) in [5, 5.41) is 2.65. The van der Waals surface area contributed by atoms with Crippen LogP contribution in [0.3, 0.4) is 0 Å². The van der Waals surface area contributed by atoms with Gasteiger partial charge in [-0.05, 0) is 25.2 Å². The highest BCUT2D eigenvalue weighted by Gasteiger charge is 2.39. The number of aryl methyl sites for hydroxylation is 1. The van der Waals surface area contributed by atoms with Crippen LogP contribution in [-0.2, 0) is 9.53 Å². The lowest BCUT2D eigenvalue weighted by molar-refractivity contribution is -0.135. The number of H-pyrrole nitrogens is 1. The van der Waals surface area contributed by atoms with Gasteiger partial charge >= 0.3 is 6.09 Å². The number of carbonyl (C=O) groups is 2. The number of methoxy groups -OCH3 is 1. The zero-order chi connectivity index (χ0) is 17.1. The minimum Gasteiger partial charge on any atom is -0.453 e. The summed E-state index contributed by atoms with van der Waals surface area (Å²) in [4.78, 5) is 34.0. The number of nitrogens with one attached hydrogen (secondary N) is 2. The topological polar surface area (TPSA) is 87.3 Å². The lowest BCUT2D eigenvalue weighted by atomic mass is 10.0. The number of alkyl carbamates (subject to hydrolysis) is 1. The van der Waals surface area contributed by atoms with E-state index in [0.717, 1.165) is 17.9 Å². The van der Waals surface area contributed by atoms with Crippen LogP contribution in [0.2, 0.25) is 0 Å². The van der Waals surface area contributed by atoms with Crippen molar-refractivity contribution in [1.29, 1.82) is 0 Å². The molecule has 2 rings (SSSR count). The number of imidazole rings is 1. The maximum absolute atomic E-state index is 13.0. The van der Waals surface area contributed by atoms with Gasteiger partial charge < -0.3 is 19.9 Å². The molecule has 0 aliphatic carbocycles. The van der Waals surface area contributed by atoms with Gasteiger partial charge in [0.05, 0.1) is 13.2 Å². The fourth-order valence-corrected chi connectivity index (χ4v) is 3.03. The number of carbonyl (C=O) groups excluding carboxylic acids is 2. The highest BCUT2D eigenvalue weighted by atomic mass is 16.5. The molecule has 0 aromatic carbocycles. The molecule has 3 unspecified atom stereocenters. The summed E-state index contributed by atoms with van der Waals surface area (Å²) >= 11 is 0. The fraction of sp³-hybridized carbons (Fsp3) is 0.688. The Hall–Kier alpha value is -2.05. The molecule has 7 heteroatoms. The van der Waals surface area contributed by atoms with Crippen LogP contribution in [0, 0.1) is 18.8 Å². The lowest BCUT2D eigenvalue weighted by Crippen LogP contribution is -2.51. The number of rotatable bonds is 4. The van der Waals surface area contributed by atoms with Gasteiger partial charge in [0.2, 0.25) is 5.91 Å². The second-order valence-electron chi connectivity index (χ2n) is 6.66. The van der Waals surface area contributed by atoms with Crippen molar-refractivity contribution in [2.75, 3.05) is 13.7 Å². The average Bonchev–Trinajstić information content (AvgIpc) is 3.09. The van der Waals surface area contributed by atoms with Gasteiger partial charge in [0.1, 0.15) is 11.9 Å². The minimum absolute atomic E-state index is 0.0310. The normalized spacial score (nSPS) is 22.3. The van der Waals surface area contributed by atoms with Crippen LogP contribution in [0.4, 0.5) is 4.79 Å². The zero-order valence-corrected chi connectivity index (χ0v) is 14.4. The lowest BCUT2D eigenvalue weighted by Gasteiger charge is -2.30. The van der Waals surface area contributed by atoms with E-state index in [0.29, 0.717) is 12.5 Å². The third-order valence-electron chi connectivity index (χ3n) is 4.22. The molecule has 2 N–H and O–H groups in total.